The molecule has 1 aliphatic heterocycles. The van der Waals surface area contributed by atoms with Crippen molar-refractivity contribution in [1.82, 2.24) is 5.32 Å². The van der Waals surface area contributed by atoms with Crippen molar-refractivity contribution in [2.75, 3.05) is 19.8 Å². The van der Waals surface area contributed by atoms with E-state index < -0.39 is 5.97 Å². The van der Waals surface area contributed by atoms with Crippen LogP contribution in [0.2, 0.25) is 0 Å². The third kappa shape index (κ3) is 4.15. The Bertz CT molecular complexity index is 973. The summed E-state index contributed by atoms with van der Waals surface area (Å²) < 4.78 is 10.8. The van der Waals surface area contributed by atoms with Gasteiger partial charge in [-0.15, -0.1) is 11.3 Å². The highest BCUT2D eigenvalue weighted by Gasteiger charge is 2.41. The van der Waals surface area contributed by atoms with Crippen LogP contribution in [-0.2, 0) is 19.1 Å². The van der Waals surface area contributed by atoms with Crippen molar-refractivity contribution in [1.29, 1.82) is 0 Å². The number of carbonyl (C=O) groups is 2. The molecule has 5 nitrogen and oxygen atoms in total. The van der Waals surface area contributed by atoms with E-state index >= 15 is 0 Å². The van der Waals surface area contributed by atoms with E-state index in [2.05, 4.69) is 11.4 Å². The summed E-state index contributed by atoms with van der Waals surface area (Å²) in [5, 5.41) is 9.42. The number of nitrogens with one attached hydrogen (secondary N) is 1. The number of carbonyl (C=O) groups excluding carboxylic acids is 2. The summed E-state index contributed by atoms with van der Waals surface area (Å²) in [7, 11) is 0. The number of thiophene rings is 2. The lowest BCUT2D eigenvalue weighted by molar-refractivity contribution is -0.140. The van der Waals surface area contributed by atoms with Crippen molar-refractivity contribution in [3.05, 3.63) is 67.3 Å². The van der Waals surface area contributed by atoms with Crippen LogP contribution in [0.15, 0.2) is 56.9 Å². The molecule has 0 aromatic carbocycles. The topological polar surface area (TPSA) is 64.6 Å². The first kappa shape index (κ1) is 21.0. The number of rotatable bonds is 7. The Balaban J connectivity index is 1.66. The molecule has 0 fully saturated rings. The number of hydrogen-bond donors (Lipinski definition) is 1. The van der Waals surface area contributed by atoms with E-state index in [0.717, 1.165) is 23.4 Å². The SMILES string of the molecule is CCOCCOC(=O)C1=C(C)NC2=C(C(=O)C[C@@H](c3cccs3)C2)[C@@H]1c1ccsc1. The van der Waals surface area contributed by atoms with Crippen LogP contribution in [0, 0.1) is 0 Å². The quantitative estimate of drug-likeness (QED) is 0.494. The van der Waals surface area contributed by atoms with Crippen molar-refractivity contribution in [2.24, 2.45) is 0 Å². The van der Waals surface area contributed by atoms with Crippen LogP contribution < -0.4 is 5.32 Å². The molecule has 0 radical (unpaired) electrons. The molecule has 2 aliphatic rings. The maximum Gasteiger partial charge on any atom is 0.336 e. The van der Waals surface area contributed by atoms with Crippen molar-refractivity contribution in [3.8, 4) is 0 Å². The highest BCUT2D eigenvalue weighted by atomic mass is 32.1. The molecule has 30 heavy (non-hydrogen) atoms. The number of ketones is 1. The standard InChI is InChI=1S/C23H25NO4S2/c1-3-27-7-8-28-23(26)20-14(2)24-17-11-16(19-5-4-9-30-19)12-18(25)22(17)21(20)15-6-10-29-13-15/h4-6,9-10,13,16,21,24H,3,7-8,11-12H2,1-2H3/t16-,21+/m0/s1. The van der Waals surface area contributed by atoms with Gasteiger partial charge in [0.05, 0.1) is 12.2 Å². The maximum atomic E-state index is 13.3. The summed E-state index contributed by atoms with van der Waals surface area (Å²) in [4.78, 5) is 27.6. The Morgan fingerprint density at radius 3 is 2.80 bits per heavy atom. The molecule has 4 rings (SSSR count). The molecule has 1 aliphatic carbocycles. The van der Waals surface area contributed by atoms with Gasteiger partial charge in [-0.3, -0.25) is 4.79 Å². The van der Waals surface area contributed by atoms with Gasteiger partial charge in [0.2, 0.25) is 0 Å². The van der Waals surface area contributed by atoms with Crippen LogP contribution in [0.1, 0.15) is 49.0 Å². The number of ether oxygens (including phenoxy) is 2. The highest BCUT2D eigenvalue weighted by molar-refractivity contribution is 7.10. The van der Waals surface area contributed by atoms with E-state index in [1.807, 2.05) is 42.1 Å². The molecule has 0 unspecified atom stereocenters. The molecule has 0 bridgehead atoms. The second kappa shape index (κ2) is 9.29. The molecule has 7 heteroatoms. The zero-order chi connectivity index (χ0) is 21.1. The average Bonchev–Trinajstić information content (AvgIpc) is 3.44. The Morgan fingerprint density at radius 2 is 2.10 bits per heavy atom. The Hall–Kier alpha value is -2.22. The predicted octanol–water partition coefficient (Wildman–Crippen LogP) is 4.75. The third-order valence-electron chi connectivity index (χ3n) is 5.53. The van der Waals surface area contributed by atoms with E-state index in [9.17, 15) is 9.59 Å². The summed E-state index contributed by atoms with van der Waals surface area (Å²) in [6.07, 6.45) is 1.24. The average molecular weight is 444 g/mol. The van der Waals surface area contributed by atoms with Crippen LogP contribution in [0.4, 0.5) is 0 Å². The molecular formula is C23H25NO4S2. The van der Waals surface area contributed by atoms with Gasteiger partial charge in [-0.2, -0.15) is 11.3 Å². The highest BCUT2D eigenvalue weighted by Crippen LogP contribution is 2.46. The van der Waals surface area contributed by atoms with Crippen LogP contribution in [0.3, 0.4) is 0 Å². The van der Waals surface area contributed by atoms with Crippen molar-refractivity contribution in [2.45, 2.75) is 38.5 Å². The van der Waals surface area contributed by atoms with Crippen LogP contribution in [0.25, 0.3) is 0 Å². The minimum atomic E-state index is -0.393. The van der Waals surface area contributed by atoms with Gasteiger partial charge in [0.25, 0.3) is 0 Å². The van der Waals surface area contributed by atoms with Gasteiger partial charge < -0.3 is 14.8 Å². The zero-order valence-corrected chi connectivity index (χ0v) is 18.7. The third-order valence-corrected chi connectivity index (χ3v) is 7.27. The predicted molar refractivity (Wildman–Crippen MR) is 119 cm³/mol. The van der Waals surface area contributed by atoms with Crippen molar-refractivity contribution >= 4 is 34.4 Å². The molecule has 0 spiro atoms. The monoisotopic (exact) mass is 443 g/mol. The zero-order valence-electron chi connectivity index (χ0n) is 17.1. The van der Waals surface area contributed by atoms with Gasteiger partial charge in [0, 0.05) is 46.7 Å². The maximum absolute atomic E-state index is 13.3. The molecule has 0 saturated carbocycles. The first-order chi connectivity index (χ1) is 14.6. The first-order valence-electron chi connectivity index (χ1n) is 10.1. The Morgan fingerprint density at radius 1 is 1.23 bits per heavy atom. The summed E-state index contributed by atoms with van der Waals surface area (Å²) in [5.74, 6) is -0.496. The lowest BCUT2D eigenvalue weighted by Crippen LogP contribution is -2.36. The number of esters is 1. The largest absolute Gasteiger partial charge is 0.460 e. The summed E-state index contributed by atoms with van der Waals surface area (Å²) in [6, 6.07) is 6.11. The minimum Gasteiger partial charge on any atom is -0.460 e. The lowest BCUT2D eigenvalue weighted by atomic mass is 9.73. The molecule has 3 heterocycles. The van der Waals surface area contributed by atoms with Gasteiger partial charge in [-0.1, -0.05) is 6.07 Å². The van der Waals surface area contributed by atoms with Gasteiger partial charge in [-0.25, -0.2) is 4.79 Å². The number of Topliss-reactive ketones (excluding diaryl/α,β-unsaturated/α-hetero) is 1. The molecule has 0 saturated heterocycles. The van der Waals surface area contributed by atoms with E-state index in [-0.39, 0.29) is 24.2 Å². The fourth-order valence-corrected chi connectivity index (χ4v) is 5.74. The van der Waals surface area contributed by atoms with Gasteiger partial charge in [-0.05, 0) is 54.1 Å². The molecule has 2 atom stereocenters. The molecule has 2 aromatic heterocycles. The van der Waals surface area contributed by atoms with E-state index in [0.29, 0.717) is 30.8 Å². The molecule has 0 amide bonds. The van der Waals surface area contributed by atoms with Crippen LogP contribution in [-0.4, -0.2) is 31.6 Å². The Labute approximate surface area is 184 Å². The minimum absolute atomic E-state index is 0.102. The normalized spacial score (nSPS) is 21.5. The second-order valence-electron chi connectivity index (χ2n) is 7.42. The van der Waals surface area contributed by atoms with Gasteiger partial charge in [0.15, 0.2) is 5.78 Å². The van der Waals surface area contributed by atoms with Gasteiger partial charge in [0.1, 0.15) is 6.61 Å². The first-order valence-corrected chi connectivity index (χ1v) is 12.0. The van der Waals surface area contributed by atoms with E-state index in [1.54, 1.807) is 22.7 Å². The number of allylic oxidation sites excluding steroid dienone is 3. The molecule has 2 aromatic rings. The molecule has 1 N–H and O–H groups in total. The summed E-state index contributed by atoms with van der Waals surface area (Å²) >= 11 is 3.25. The van der Waals surface area contributed by atoms with Crippen LogP contribution in [0.5, 0.6) is 0 Å². The fraction of sp³-hybridized carbons (Fsp3) is 0.391. The van der Waals surface area contributed by atoms with Crippen molar-refractivity contribution < 1.29 is 19.1 Å². The van der Waals surface area contributed by atoms with E-state index in [1.165, 1.54) is 4.88 Å². The molecule has 158 valence electrons. The number of hydrogen-bond acceptors (Lipinski definition) is 7. The fourth-order valence-electron chi connectivity index (χ4n) is 4.22. The van der Waals surface area contributed by atoms with Gasteiger partial charge >= 0.3 is 5.97 Å². The van der Waals surface area contributed by atoms with Crippen LogP contribution >= 0.6 is 22.7 Å². The smallest absolute Gasteiger partial charge is 0.336 e. The second-order valence-corrected chi connectivity index (χ2v) is 9.18. The molecular weight excluding hydrogens is 418 g/mol. The number of dihydropyridines is 1. The summed E-state index contributed by atoms with van der Waals surface area (Å²) in [6.45, 7) is 4.93. The van der Waals surface area contributed by atoms with E-state index in [4.69, 9.17) is 9.47 Å². The van der Waals surface area contributed by atoms with Crippen molar-refractivity contribution in [3.63, 3.8) is 0 Å². The lowest BCUT2D eigenvalue weighted by Gasteiger charge is -2.36. The summed E-state index contributed by atoms with van der Waals surface area (Å²) in [5.41, 5.74) is 3.89. The Kier molecular flexibility index (Phi) is 6.51.